The van der Waals surface area contributed by atoms with Crippen LogP contribution in [0.1, 0.15) is 128 Å². The second-order valence-corrected chi connectivity index (χ2v) is 19.6. The first-order valence-corrected chi connectivity index (χ1v) is 24.0. The second-order valence-electron chi connectivity index (χ2n) is 17.6. The predicted molar refractivity (Wildman–Crippen MR) is 251 cm³/mol. The number of benzene rings is 4. The third-order valence-electron chi connectivity index (χ3n) is 12.1. The molecular weight excluding hydrogens is 746 g/mol. The van der Waals surface area contributed by atoms with E-state index in [1.165, 1.54) is 104 Å². The van der Waals surface area contributed by atoms with Gasteiger partial charge in [-0.05, 0) is 69.5 Å². The summed E-state index contributed by atoms with van der Waals surface area (Å²) in [5.41, 5.74) is 10.7. The lowest BCUT2D eigenvalue weighted by Crippen LogP contribution is -2.28. The highest BCUT2D eigenvalue weighted by molar-refractivity contribution is 7.90. The Hall–Kier alpha value is -4.23. The van der Waals surface area contributed by atoms with Crippen LogP contribution in [0.4, 0.5) is 15.8 Å². The summed E-state index contributed by atoms with van der Waals surface area (Å²) in [4.78, 5) is 2.96. The standard InChI is InChI=1S/C39H57N2O2S.C13H11BF/c1-9-11-13-15-17-26-40-34-24-22-30(3)28-32(34)38(4,5)36(40)20-19-21-37-39(6,7)33-29-31(44(8,42)43)23-25-35(33)41(37)27-18-16-14-12-10-2;15-13-8-4-7-12(9-13)14-10-11-5-2-1-3-6-11/h19-25,28-29H,9-18,26-27H2,1-8H3;1-9H,10H2/q+1;-1. The molecule has 0 aliphatic carbocycles. The summed E-state index contributed by atoms with van der Waals surface area (Å²) in [6.07, 6.45) is 21.5. The second kappa shape index (κ2) is 20.8. The van der Waals surface area contributed by atoms with Gasteiger partial charge in [0.15, 0.2) is 15.5 Å². The van der Waals surface area contributed by atoms with Crippen molar-refractivity contribution in [2.24, 2.45) is 0 Å². The maximum Gasteiger partial charge on any atom is 0.209 e. The average molecular weight is 815 g/mol. The van der Waals surface area contributed by atoms with Gasteiger partial charge in [0.1, 0.15) is 12.4 Å². The summed E-state index contributed by atoms with van der Waals surface area (Å²) in [7, 11) is -1.26. The fourth-order valence-electron chi connectivity index (χ4n) is 8.62. The minimum absolute atomic E-state index is 0.0860. The highest BCUT2D eigenvalue weighted by atomic mass is 32.2. The number of allylic oxidation sites excluding steroid dienone is 4. The Morgan fingerprint density at radius 3 is 2.12 bits per heavy atom. The van der Waals surface area contributed by atoms with Crippen LogP contribution in [0.3, 0.4) is 0 Å². The van der Waals surface area contributed by atoms with E-state index in [0.29, 0.717) is 4.90 Å². The highest BCUT2D eigenvalue weighted by Gasteiger charge is 2.45. The topological polar surface area (TPSA) is 40.4 Å². The molecule has 0 fully saturated rings. The first kappa shape index (κ1) is 45.9. The van der Waals surface area contributed by atoms with Gasteiger partial charge in [-0.15, -0.1) is 6.07 Å². The molecule has 59 heavy (non-hydrogen) atoms. The average Bonchev–Trinajstić information content (AvgIpc) is 3.54. The van der Waals surface area contributed by atoms with Crippen LogP contribution in [0.15, 0.2) is 120 Å². The Morgan fingerprint density at radius 1 is 0.746 bits per heavy atom. The molecule has 2 aliphatic heterocycles. The van der Waals surface area contributed by atoms with Crippen molar-refractivity contribution in [3.8, 4) is 0 Å². The van der Waals surface area contributed by atoms with Gasteiger partial charge < -0.3 is 4.90 Å². The Balaban J connectivity index is 0.000000367. The zero-order valence-corrected chi connectivity index (χ0v) is 38.0. The molecule has 0 unspecified atom stereocenters. The molecule has 0 spiro atoms. The number of hydrogen-bond donors (Lipinski definition) is 0. The molecule has 0 saturated carbocycles. The third-order valence-corrected chi connectivity index (χ3v) is 13.2. The van der Waals surface area contributed by atoms with E-state index in [4.69, 9.17) is 0 Å². The van der Waals surface area contributed by atoms with Gasteiger partial charge in [-0.2, -0.15) is 4.58 Å². The van der Waals surface area contributed by atoms with Crippen molar-refractivity contribution in [2.45, 2.75) is 135 Å². The molecule has 2 aliphatic rings. The Morgan fingerprint density at radius 2 is 1.44 bits per heavy atom. The molecule has 2 heterocycles. The largest absolute Gasteiger partial charge is 0.344 e. The number of sulfone groups is 1. The molecule has 4 aromatic carbocycles. The third kappa shape index (κ3) is 11.7. The summed E-state index contributed by atoms with van der Waals surface area (Å²) < 4.78 is 40.3. The van der Waals surface area contributed by atoms with Gasteiger partial charge >= 0.3 is 0 Å². The van der Waals surface area contributed by atoms with Crippen molar-refractivity contribution in [1.82, 2.24) is 0 Å². The van der Waals surface area contributed by atoms with Gasteiger partial charge in [0.05, 0.1) is 10.3 Å². The molecule has 4 nitrogen and oxygen atoms in total. The number of halogens is 1. The maximum absolute atomic E-state index is 12.9. The Kier molecular flexibility index (Phi) is 16.2. The monoisotopic (exact) mass is 815 g/mol. The van der Waals surface area contributed by atoms with E-state index < -0.39 is 9.84 Å². The summed E-state index contributed by atoms with van der Waals surface area (Å²) in [6, 6.07) is 29.4. The van der Waals surface area contributed by atoms with Crippen LogP contribution in [0.25, 0.3) is 0 Å². The normalized spacial score (nSPS) is 16.1. The minimum Gasteiger partial charge on any atom is -0.344 e. The molecule has 0 atom stereocenters. The van der Waals surface area contributed by atoms with Crippen LogP contribution >= 0.6 is 0 Å². The molecule has 6 rings (SSSR count). The maximum atomic E-state index is 12.9. The van der Waals surface area contributed by atoms with E-state index in [9.17, 15) is 12.8 Å². The van der Waals surface area contributed by atoms with Crippen molar-refractivity contribution in [1.29, 1.82) is 0 Å². The number of nitrogens with zero attached hydrogens (tertiary/aromatic N) is 2. The number of hydrogen-bond acceptors (Lipinski definition) is 3. The minimum atomic E-state index is -3.29. The highest BCUT2D eigenvalue weighted by Crippen LogP contribution is 2.48. The molecule has 314 valence electrons. The molecule has 0 saturated heterocycles. The zero-order valence-electron chi connectivity index (χ0n) is 37.2. The number of anilines is 1. The van der Waals surface area contributed by atoms with E-state index in [0.717, 1.165) is 42.5 Å². The van der Waals surface area contributed by atoms with Gasteiger partial charge in [-0.3, -0.25) is 12.7 Å². The first-order chi connectivity index (χ1) is 28.2. The Labute approximate surface area is 357 Å². The first-order valence-electron chi connectivity index (χ1n) is 22.1. The quantitative estimate of drug-likeness (QED) is 0.0571. The number of fused-ring (bicyclic) bond motifs is 2. The molecule has 7 heteroatoms. The van der Waals surface area contributed by atoms with E-state index in [1.54, 1.807) is 18.2 Å². The number of aryl methyl sites for hydroxylation is 1. The Bertz CT molecular complexity index is 2220. The van der Waals surface area contributed by atoms with Crippen LogP contribution < -0.4 is 10.4 Å². The van der Waals surface area contributed by atoms with E-state index in [2.05, 4.69) is 107 Å². The summed E-state index contributed by atoms with van der Waals surface area (Å²) >= 11 is 0. The molecular formula is C52H68BFN2O2S. The van der Waals surface area contributed by atoms with Gasteiger partial charge in [0.25, 0.3) is 0 Å². The lowest BCUT2D eigenvalue weighted by atomic mass is 9.65. The van der Waals surface area contributed by atoms with Crippen molar-refractivity contribution < 1.29 is 17.4 Å². The lowest BCUT2D eigenvalue weighted by molar-refractivity contribution is -0.438. The zero-order chi connectivity index (χ0) is 42.6. The molecule has 0 bridgehead atoms. The summed E-state index contributed by atoms with van der Waals surface area (Å²) in [5, 5.41) is 0. The van der Waals surface area contributed by atoms with E-state index >= 15 is 0 Å². The number of unbranched alkanes of at least 4 members (excludes halogenated alkanes) is 8. The molecule has 0 aromatic heterocycles. The van der Waals surface area contributed by atoms with Crippen molar-refractivity contribution in [2.75, 3.05) is 24.2 Å². The van der Waals surface area contributed by atoms with Gasteiger partial charge in [0, 0.05) is 53.7 Å². The van der Waals surface area contributed by atoms with Crippen molar-refractivity contribution in [3.05, 3.63) is 143 Å². The molecule has 2 radical (unpaired) electrons. The lowest BCUT2D eigenvalue weighted by Gasteiger charge is -2.27. The van der Waals surface area contributed by atoms with Gasteiger partial charge in [-0.25, -0.2) is 19.1 Å². The van der Waals surface area contributed by atoms with Crippen LogP contribution in [-0.2, 0) is 27.0 Å². The van der Waals surface area contributed by atoms with E-state index in [-0.39, 0.29) is 16.6 Å². The van der Waals surface area contributed by atoms with Crippen molar-refractivity contribution in [3.63, 3.8) is 0 Å². The molecule has 0 amide bonds. The molecule has 4 aromatic rings. The smallest absolute Gasteiger partial charge is 0.209 e. The SMILES string of the molecule is CCCCCCCN1C(=CC=CC2=[N+](CCCCCCC)c3ccc(S(C)(=O)=O)cc3C2(C)C)C(C)(C)c2cc(C)ccc21.Fc1cccc([B-]Cc2ccccc2)c1. The number of rotatable bonds is 18. The van der Waals surface area contributed by atoms with E-state index in [1.807, 2.05) is 43.7 Å². The molecule has 0 N–H and O–H groups in total. The fourth-order valence-corrected chi connectivity index (χ4v) is 9.26. The van der Waals surface area contributed by atoms with Gasteiger partial charge in [0.2, 0.25) is 5.69 Å². The van der Waals surface area contributed by atoms with Gasteiger partial charge in [-0.1, -0.05) is 144 Å². The summed E-state index contributed by atoms with van der Waals surface area (Å²) in [6.45, 7) is 17.9. The predicted octanol–water partition coefficient (Wildman–Crippen LogP) is 12.3. The van der Waals surface area contributed by atoms with Crippen LogP contribution in [0.5, 0.6) is 0 Å². The van der Waals surface area contributed by atoms with Crippen LogP contribution in [-0.4, -0.2) is 45.3 Å². The fraction of sp³-hybridized carbons (Fsp3) is 0.442. The van der Waals surface area contributed by atoms with Crippen molar-refractivity contribution >= 4 is 39.7 Å². The van der Waals surface area contributed by atoms with Crippen LogP contribution in [0, 0.1) is 12.7 Å². The van der Waals surface area contributed by atoms with Crippen LogP contribution in [0.2, 0.25) is 0 Å². The summed E-state index contributed by atoms with van der Waals surface area (Å²) in [5.74, 6) is -0.184.